The maximum absolute atomic E-state index is 12.9. The molecule has 2 aromatic rings. The van der Waals surface area contributed by atoms with Gasteiger partial charge in [-0.15, -0.1) is 0 Å². The van der Waals surface area contributed by atoms with E-state index in [2.05, 4.69) is 27.5 Å². The Morgan fingerprint density at radius 1 is 1.21 bits per heavy atom. The molecule has 1 aromatic carbocycles. The average Bonchev–Trinajstić information content (AvgIpc) is 2.68. The lowest BCUT2D eigenvalue weighted by Crippen LogP contribution is -2.41. The second-order valence-electron chi connectivity index (χ2n) is 7.35. The van der Waals surface area contributed by atoms with E-state index in [1.54, 1.807) is 24.3 Å². The van der Waals surface area contributed by atoms with Gasteiger partial charge >= 0.3 is 0 Å². The zero-order valence-corrected chi connectivity index (χ0v) is 15.7. The standard InChI is InChI=1S/C20H23N5O3/c1-12-7-5-6-10-25(12)20-23-17-16(19(28)24-20)14(11-15(26)22-17)18(27)21-13-8-3-2-4-9-13/h2-4,8-9,12,14H,5-7,10-11H2,1H3,(H,21,27)(H2,22,23,24,26,28)/t12-,14+/m1/s1. The molecule has 3 heterocycles. The maximum atomic E-state index is 12.9. The molecule has 4 rings (SSSR count). The van der Waals surface area contributed by atoms with E-state index in [-0.39, 0.29) is 35.3 Å². The maximum Gasteiger partial charge on any atom is 0.258 e. The highest BCUT2D eigenvalue weighted by molar-refractivity contribution is 6.04. The largest absolute Gasteiger partial charge is 0.340 e. The minimum atomic E-state index is -0.881. The molecule has 2 amide bonds. The van der Waals surface area contributed by atoms with Gasteiger partial charge in [0.1, 0.15) is 5.82 Å². The van der Waals surface area contributed by atoms with Gasteiger partial charge in [0, 0.05) is 24.7 Å². The zero-order chi connectivity index (χ0) is 19.7. The van der Waals surface area contributed by atoms with E-state index < -0.39 is 11.8 Å². The van der Waals surface area contributed by atoms with Gasteiger partial charge in [0.05, 0.1) is 11.5 Å². The predicted molar refractivity (Wildman–Crippen MR) is 107 cm³/mol. The van der Waals surface area contributed by atoms with Gasteiger partial charge < -0.3 is 15.5 Å². The van der Waals surface area contributed by atoms with Gasteiger partial charge in [0.25, 0.3) is 5.56 Å². The van der Waals surface area contributed by atoms with Crippen molar-refractivity contribution in [3.8, 4) is 0 Å². The third-order valence-electron chi connectivity index (χ3n) is 5.37. The normalized spacial score (nSPS) is 21.6. The van der Waals surface area contributed by atoms with E-state index >= 15 is 0 Å². The highest BCUT2D eigenvalue weighted by Gasteiger charge is 2.35. The van der Waals surface area contributed by atoms with Crippen LogP contribution in [-0.4, -0.2) is 34.4 Å². The fourth-order valence-electron chi connectivity index (χ4n) is 3.88. The van der Waals surface area contributed by atoms with Crippen LogP contribution in [0.15, 0.2) is 35.1 Å². The van der Waals surface area contributed by atoms with Crippen molar-refractivity contribution in [1.82, 2.24) is 9.97 Å². The predicted octanol–water partition coefficient (Wildman–Crippen LogP) is 2.21. The Labute approximate surface area is 162 Å². The van der Waals surface area contributed by atoms with Crippen LogP contribution in [0.25, 0.3) is 0 Å². The van der Waals surface area contributed by atoms with E-state index in [9.17, 15) is 14.4 Å². The van der Waals surface area contributed by atoms with Gasteiger partial charge in [-0.05, 0) is 38.3 Å². The molecule has 0 unspecified atom stereocenters. The number of benzene rings is 1. The van der Waals surface area contributed by atoms with Gasteiger partial charge in [-0.25, -0.2) is 0 Å². The molecule has 1 saturated heterocycles. The van der Waals surface area contributed by atoms with E-state index in [1.165, 1.54) is 0 Å². The number of aromatic nitrogens is 2. The molecule has 2 aliphatic heterocycles. The molecular formula is C20H23N5O3. The number of nitrogens with one attached hydrogen (secondary N) is 3. The Morgan fingerprint density at radius 3 is 2.75 bits per heavy atom. The summed E-state index contributed by atoms with van der Waals surface area (Å²) in [6, 6.07) is 9.22. The number of amides is 2. The smallest absolute Gasteiger partial charge is 0.258 e. The molecule has 0 aliphatic carbocycles. The van der Waals surface area contributed by atoms with Gasteiger partial charge in [0.2, 0.25) is 17.8 Å². The summed E-state index contributed by atoms with van der Waals surface area (Å²) in [6.07, 6.45) is 3.11. The van der Waals surface area contributed by atoms with E-state index in [0.717, 1.165) is 25.8 Å². The molecule has 8 heteroatoms. The van der Waals surface area contributed by atoms with Crippen LogP contribution in [0.1, 0.15) is 44.1 Å². The summed E-state index contributed by atoms with van der Waals surface area (Å²) in [5.74, 6) is -0.973. The minimum Gasteiger partial charge on any atom is -0.340 e. The number of piperidine rings is 1. The van der Waals surface area contributed by atoms with Gasteiger partial charge in [-0.3, -0.25) is 19.4 Å². The number of H-pyrrole nitrogens is 1. The molecule has 0 spiro atoms. The van der Waals surface area contributed by atoms with Crippen molar-refractivity contribution in [2.24, 2.45) is 0 Å². The topological polar surface area (TPSA) is 107 Å². The first kappa shape index (κ1) is 18.2. The van der Waals surface area contributed by atoms with Crippen molar-refractivity contribution >= 4 is 29.3 Å². The number of hydrogen-bond acceptors (Lipinski definition) is 5. The fourth-order valence-corrected chi connectivity index (χ4v) is 3.88. The molecule has 8 nitrogen and oxygen atoms in total. The van der Waals surface area contributed by atoms with Gasteiger partial charge in [0.15, 0.2) is 0 Å². The van der Waals surface area contributed by atoms with Crippen LogP contribution in [0.3, 0.4) is 0 Å². The van der Waals surface area contributed by atoms with Crippen molar-refractivity contribution in [2.75, 3.05) is 22.1 Å². The molecule has 2 aliphatic rings. The summed E-state index contributed by atoms with van der Waals surface area (Å²) in [4.78, 5) is 47.2. The van der Waals surface area contributed by atoms with Crippen molar-refractivity contribution in [3.05, 3.63) is 46.2 Å². The molecule has 0 saturated carbocycles. The Balaban J connectivity index is 1.67. The van der Waals surface area contributed by atoms with Crippen LogP contribution in [0.2, 0.25) is 0 Å². The fraction of sp³-hybridized carbons (Fsp3) is 0.400. The Morgan fingerprint density at radius 2 is 2.00 bits per heavy atom. The van der Waals surface area contributed by atoms with Crippen LogP contribution >= 0.6 is 0 Å². The zero-order valence-electron chi connectivity index (χ0n) is 15.7. The summed E-state index contributed by atoms with van der Waals surface area (Å²) in [5.41, 5.74) is 0.440. The number of nitrogens with zero attached hydrogens (tertiary/aromatic N) is 2. The Kier molecular flexibility index (Phi) is 4.85. The van der Waals surface area contributed by atoms with Crippen molar-refractivity contribution < 1.29 is 9.59 Å². The molecule has 1 fully saturated rings. The molecular weight excluding hydrogens is 358 g/mol. The minimum absolute atomic E-state index is 0.0874. The summed E-state index contributed by atoms with van der Waals surface area (Å²) >= 11 is 0. The Bertz CT molecular complexity index is 956. The monoisotopic (exact) mass is 381 g/mol. The number of fused-ring (bicyclic) bond motifs is 1. The molecule has 1 aromatic heterocycles. The molecule has 146 valence electrons. The van der Waals surface area contributed by atoms with E-state index in [0.29, 0.717) is 11.6 Å². The molecule has 3 N–H and O–H groups in total. The summed E-state index contributed by atoms with van der Waals surface area (Å²) < 4.78 is 0. The third-order valence-corrected chi connectivity index (χ3v) is 5.37. The van der Waals surface area contributed by atoms with E-state index in [1.807, 2.05) is 11.0 Å². The molecule has 2 atom stereocenters. The number of carbonyl (C=O) groups excluding carboxylic acids is 2. The highest BCUT2D eigenvalue weighted by Crippen LogP contribution is 2.31. The first-order valence-electron chi connectivity index (χ1n) is 9.59. The molecule has 0 radical (unpaired) electrons. The van der Waals surface area contributed by atoms with Crippen LogP contribution in [0.4, 0.5) is 17.5 Å². The first-order chi connectivity index (χ1) is 13.5. The SMILES string of the molecule is C[C@@H]1CCCCN1c1nc2c(c(=O)[nH]1)[C@@H](C(=O)Nc1ccccc1)CC(=O)N2. The van der Waals surface area contributed by atoms with Crippen LogP contribution in [0, 0.1) is 0 Å². The average molecular weight is 381 g/mol. The van der Waals surface area contributed by atoms with E-state index in [4.69, 9.17) is 0 Å². The molecule has 28 heavy (non-hydrogen) atoms. The first-order valence-corrected chi connectivity index (χ1v) is 9.59. The number of hydrogen-bond donors (Lipinski definition) is 3. The highest BCUT2D eigenvalue weighted by atomic mass is 16.2. The summed E-state index contributed by atoms with van der Waals surface area (Å²) in [6.45, 7) is 2.89. The van der Waals surface area contributed by atoms with Crippen molar-refractivity contribution in [3.63, 3.8) is 0 Å². The lowest BCUT2D eigenvalue weighted by atomic mass is 9.92. The number of aromatic amines is 1. The lowest BCUT2D eigenvalue weighted by Gasteiger charge is -2.34. The van der Waals surface area contributed by atoms with Gasteiger partial charge in [-0.1, -0.05) is 18.2 Å². The second-order valence-corrected chi connectivity index (χ2v) is 7.35. The third kappa shape index (κ3) is 3.49. The van der Waals surface area contributed by atoms with Crippen molar-refractivity contribution in [2.45, 2.75) is 44.6 Å². The van der Waals surface area contributed by atoms with Crippen molar-refractivity contribution in [1.29, 1.82) is 0 Å². The number of carbonyl (C=O) groups is 2. The second kappa shape index (κ2) is 7.46. The van der Waals surface area contributed by atoms with Crippen LogP contribution in [0.5, 0.6) is 0 Å². The number of anilines is 3. The quantitative estimate of drug-likeness (QED) is 0.756. The summed E-state index contributed by atoms with van der Waals surface area (Å²) in [7, 11) is 0. The number of rotatable bonds is 3. The van der Waals surface area contributed by atoms with Crippen LogP contribution < -0.4 is 21.1 Å². The number of para-hydroxylation sites is 1. The lowest BCUT2D eigenvalue weighted by molar-refractivity contribution is -0.123. The van der Waals surface area contributed by atoms with Crippen LogP contribution in [-0.2, 0) is 9.59 Å². The van der Waals surface area contributed by atoms with Gasteiger partial charge in [-0.2, -0.15) is 4.98 Å². The summed E-state index contributed by atoms with van der Waals surface area (Å²) in [5, 5.41) is 5.44. The molecule has 0 bridgehead atoms. The Hall–Kier alpha value is -3.16.